The Hall–Kier alpha value is -3.53. The van der Waals surface area contributed by atoms with Crippen LogP contribution in [0.25, 0.3) is 11.0 Å². The maximum Gasteiger partial charge on any atom is 0.573 e. The van der Waals surface area contributed by atoms with Crippen molar-refractivity contribution >= 4 is 28.5 Å². The van der Waals surface area contributed by atoms with Crippen molar-refractivity contribution in [3.05, 3.63) is 59.9 Å². The van der Waals surface area contributed by atoms with E-state index in [1.54, 1.807) is 24.3 Å². The number of benzene rings is 2. The minimum absolute atomic E-state index is 0.0592. The second kappa shape index (κ2) is 9.52. The lowest BCUT2D eigenvalue weighted by Crippen LogP contribution is -2.21. The van der Waals surface area contributed by atoms with Crippen molar-refractivity contribution in [3.8, 4) is 5.75 Å². The molecule has 1 amide bonds. The monoisotopic (exact) mass is 437 g/mol. The smallest absolute Gasteiger partial charge is 0.450 e. The SMILES string of the molecule is CCOCc1c(C(=O)OCC(=O)Nc2ccc(OC(F)(F)F)cc2)oc2ccccc12. The number of hydrogen-bond acceptors (Lipinski definition) is 6. The van der Waals surface area contributed by atoms with Crippen LogP contribution in [-0.4, -0.2) is 31.5 Å². The van der Waals surface area contributed by atoms with Crippen molar-refractivity contribution in [2.24, 2.45) is 0 Å². The summed E-state index contributed by atoms with van der Waals surface area (Å²) >= 11 is 0. The predicted molar refractivity (Wildman–Crippen MR) is 104 cm³/mol. The van der Waals surface area contributed by atoms with Crippen LogP contribution in [0.5, 0.6) is 5.75 Å². The Balaban J connectivity index is 1.61. The van der Waals surface area contributed by atoms with E-state index in [9.17, 15) is 22.8 Å². The summed E-state index contributed by atoms with van der Waals surface area (Å²) in [5, 5.41) is 3.11. The molecule has 0 radical (unpaired) electrons. The number of hydrogen-bond donors (Lipinski definition) is 1. The Bertz CT molecular complexity index is 1060. The quantitative estimate of drug-likeness (QED) is 0.516. The molecule has 0 bridgehead atoms. The van der Waals surface area contributed by atoms with Gasteiger partial charge in [-0.25, -0.2) is 4.79 Å². The van der Waals surface area contributed by atoms with Crippen molar-refractivity contribution in [1.29, 1.82) is 0 Å². The average Bonchev–Trinajstić information content (AvgIpc) is 3.09. The molecule has 0 atom stereocenters. The van der Waals surface area contributed by atoms with Crippen LogP contribution < -0.4 is 10.1 Å². The third-order valence-electron chi connectivity index (χ3n) is 4.04. The van der Waals surface area contributed by atoms with Gasteiger partial charge in [0.15, 0.2) is 6.61 Å². The molecule has 0 aliphatic rings. The lowest BCUT2D eigenvalue weighted by Gasteiger charge is -2.10. The maximum absolute atomic E-state index is 12.5. The van der Waals surface area contributed by atoms with E-state index in [-0.39, 0.29) is 18.1 Å². The van der Waals surface area contributed by atoms with E-state index in [1.165, 1.54) is 12.1 Å². The molecule has 3 rings (SSSR count). The lowest BCUT2D eigenvalue weighted by molar-refractivity contribution is -0.274. The summed E-state index contributed by atoms with van der Waals surface area (Å²) in [5.41, 5.74) is 1.20. The van der Waals surface area contributed by atoms with Crippen molar-refractivity contribution in [2.45, 2.75) is 19.9 Å². The standard InChI is InChI=1S/C21H18F3NO6/c1-2-28-11-16-15-5-3-4-6-17(15)30-19(16)20(27)29-12-18(26)25-13-7-9-14(10-8-13)31-21(22,23)24/h3-10H,2,11-12H2,1H3,(H,25,26). The number of anilines is 1. The molecule has 2 aromatic carbocycles. The van der Waals surface area contributed by atoms with Crippen LogP contribution in [0.2, 0.25) is 0 Å². The van der Waals surface area contributed by atoms with Crippen LogP contribution in [0, 0.1) is 0 Å². The number of halogens is 3. The van der Waals surface area contributed by atoms with Gasteiger partial charge in [0, 0.05) is 23.2 Å². The number of furan rings is 1. The van der Waals surface area contributed by atoms with E-state index in [0.717, 1.165) is 12.1 Å². The summed E-state index contributed by atoms with van der Waals surface area (Å²) in [5.74, 6) is -2.00. The molecule has 164 valence electrons. The first-order valence-electron chi connectivity index (χ1n) is 9.17. The summed E-state index contributed by atoms with van der Waals surface area (Å²) in [6, 6.07) is 11.6. The summed E-state index contributed by atoms with van der Waals surface area (Å²) in [6.45, 7) is 1.76. The van der Waals surface area contributed by atoms with Gasteiger partial charge >= 0.3 is 12.3 Å². The van der Waals surface area contributed by atoms with E-state index < -0.39 is 30.6 Å². The molecule has 0 unspecified atom stereocenters. The zero-order valence-electron chi connectivity index (χ0n) is 16.3. The zero-order valence-corrected chi connectivity index (χ0v) is 16.3. The summed E-state index contributed by atoms with van der Waals surface area (Å²) in [4.78, 5) is 24.5. The predicted octanol–water partition coefficient (Wildman–Crippen LogP) is 4.66. The molecule has 0 spiro atoms. The number of fused-ring (bicyclic) bond motifs is 1. The molecular formula is C21H18F3NO6. The van der Waals surface area contributed by atoms with Crippen LogP contribution in [0.3, 0.4) is 0 Å². The summed E-state index contributed by atoms with van der Waals surface area (Å²) in [6.07, 6.45) is -4.81. The number of ether oxygens (including phenoxy) is 3. The minimum atomic E-state index is -4.81. The van der Waals surface area contributed by atoms with Crippen LogP contribution in [0.4, 0.5) is 18.9 Å². The zero-order chi connectivity index (χ0) is 22.4. The largest absolute Gasteiger partial charge is 0.573 e. The Kier molecular flexibility index (Phi) is 6.81. The van der Waals surface area contributed by atoms with Gasteiger partial charge in [0.2, 0.25) is 5.76 Å². The van der Waals surface area contributed by atoms with E-state index in [0.29, 0.717) is 23.1 Å². The third-order valence-corrected chi connectivity index (χ3v) is 4.04. The van der Waals surface area contributed by atoms with E-state index in [2.05, 4.69) is 10.1 Å². The first-order chi connectivity index (χ1) is 14.8. The number of alkyl halides is 3. The molecule has 1 heterocycles. The topological polar surface area (TPSA) is 87.0 Å². The highest BCUT2D eigenvalue weighted by Crippen LogP contribution is 2.27. The van der Waals surface area contributed by atoms with Gasteiger partial charge < -0.3 is 23.9 Å². The third kappa shape index (κ3) is 5.98. The normalized spacial score (nSPS) is 11.4. The number of esters is 1. The molecule has 1 aromatic heterocycles. The van der Waals surface area contributed by atoms with Gasteiger partial charge in [-0.05, 0) is 37.3 Å². The van der Waals surface area contributed by atoms with Crippen LogP contribution in [0.1, 0.15) is 23.0 Å². The van der Waals surface area contributed by atoms with E-state index in [1.807, 2.05) is 6.92 Å². The van der Waals surface area contributed by atoms with Crippen molar-refractivity contribution < 1.29 is 41.4 Å². The summed E-state index contributed by atoms with van der Waals surface area (Å²) in [7, 11) is 0. The fourth-order valence-corrected chi connectivity index (χ4v) is 2.74. The number of amides is 1. The molecule has 1 N–H and O–H groups in total. The highest BCUT2D eigenvalue weighted by molar-refractivity contribution is 5.98. The fourth-order valence-electron chi connectivity index (χ4n) is 2.74. The van der Waals surface area contributed by atoms with E-state index >= 15 is 0 Å². The average molecular weight is 437 g/mol. The Morgan fingerprint density at radius 1 is 1.06 bits per heavy atom. The molecule has 0 saturated heterocycles. The van der Waals surface area contributed by atoms with Crippen LogP contribution >= 0.6 is 0 Å². The van der Waals surface area contributed by atoms with Gasteiger partial charge in [-0.2, -0.15) is 0 Å². The van der Waals surface area contributed by atoms with Crippen LogP contribution in [0.15, 0.2) is 52.9 Å². The van der Waals surface area contributed by atoms with Gasteiger partial charge in [0.05, 0.1) is 6.61 Å². The van der Waals surface area contributed by atoms with Gasteiger partial charge in [-0.1, -0.05) is 18.2 Å². The molecule has 7 nitrogen and oxygen atoms in total. The number of para-hydroxylation sites is 1. The molecule has 10 heteroatoms. The first kappa shape index (κ1) is 22.2. The number of rotatable bonds is 8. The molecule has 3 aromatic rings. The molecule has 0 saturated carbocycles. The van der Waals surface area contributed by atoms with Gasteiger partial charge in [-0.3, -0.25) is 4.79 Å². The number of nitrogens with one attached hydrogen (secondary N) is 1. The van der Waals surface area contributed by atoms with Crippen LogP contribution in [-0.2, 0) is 20.9 Å². The first-order valence-corrected chi connectivity index (χ1v) is 9.17. The second-order valence-corrected chi connectivity index (χ2v) is 6.24. The minimum Gasteiger partial charge on any atom is -0.450 e. The Morgan fingerprint density at radius 3 is 2.45 bits per heavy atom. The highest BCUT2D eigenvalue weighted by Gasteiger charge is 2.31. The van der Waals surface area contributed by atoms with Crippen molar-refractivity contribution in [1.82, 2.24) is 0 Å². The molecule has 0 aliphatic carbocycles. The van der Waals surface area contributed by atoms with Gasteiger partial charge in [0.25, 0.3) is 5.91 Å². The highest BCUT2D eigenvalue weighted by atomic mass is 19.4. The maximum atomic E-state index is 12.5. The fraction of sp³-hybridized carbons (Fsp3) is 0.238. The molecular weight excluding hydrogens is 419 g/mol. The van der Waals surface area contributed by atoms with Gasteiger partial charge in [0.1, 0.15) is 11.3 Å². The van der Waals surface area contributed by atoms with Crippen molar-refractivity contribution in [3.63, 3.8) is 0 Å². The van der Waals surface area contributed by atoms with E-state index in [4.69, 9.17) is 13.9 Å². The molecule has 0 aliphatic heterocycles. The second-order valence-electron chi connectivity index (χ2n) is 6.24. The molecule has 0 fully saturated rings. The summed E-state index contributed by atoms with van der Waals surface area (Å²) < 4.78 is 56.3. The van der Waals surface area contributed by atoms with Crippen molar-refractivity contribution in [2.75, 3.05) is 18.5 Å². The Morgan fingerprint density at radius 2 is 1.77 bits per heavy atom. The van der Waals surface area contributed by atoms with Gasteiger partial charge in [-0.15, -0.1) is 13.2 Å². The molecule has 31 heavy (non-hydrogen) atoms. The number of carbonyl (C=O) groups excluding carboxylic acids is 2. The Labute approximate surface area is 174 Å². The number of carbonyl (C=O) groups is 2. The lowest BCUT2D eigenvalue weighted by atomic mass is 10.1.